The highest BCUT2D eigenvalue weighted by Gasteiger charge is 2.42. The highest BCUT2D eigenvalue weighted by Crippen LogP contribution is 2.21. The second kappa shape index (κ2) is 4.12. The second-order valence-corrected chi connectivity index (χ2v) is 4.47. The molecule has 0 aromatic rings. The molecule has 0 radical (unpaired) electrons. The fourth-order valence-electron chi connectivity index (χ4n) is 1.20. The minimum absolute atomic E-state index is 0.152. The first kappa shape index (κ1) is 11.9. The Bertz CT molecular complexity index is 188. The molecule has 1 fully saturated rings. The van der Waals surface area contributed by atoms with Gasteiger partial charge < -0.3 is 24.8 Å². The molecule has 0 aromatic heterocycles. The first-order valence-electron chi connectivity index (χ1n) is 4.65. The first-order chi connectivity index (χ1) is 6.31. The Labute approximate surface area is 83.3 Å². The van der Waals surface area contributed by atoms with Crippen molar-refractivity contribution in [2.24, 2.45) is 0 Å². The van der Waals surface area contributed by atoms with E-state index in [0.717, 1.165) is 0 Å². The van der Waals surface area contributed by atoms with Crippen molar-refractivity contribution in [2.75, 3.05) is 6.61 Å². The van der Waals surface area contributed by atoms with Crippen molar-refractivity contribution in [3.8, 4) is 0 Å². The highest BCUT2D eigenvalue weighted by molar-refractivity contribution is 4.86. The summed E-state index contributed by atoms with van der Waals surface area (Å²) in [6.07, 6.45) is -4.33. The van der Waals surface area contributed by atoms with Gasteiger partial charge in [0.1, 0.15) is 18.3 Å². The van der Waals surface area contributed by atoms with E-state index in [1.165, 1.54) is 0 Å². The van der Waals surface area contributed by atoms with Crippen LogP contribution in [0.3, 0.4) is 0 Å². The topological polar surface area (TPSA) is 79.2 Å². The predicted molar refractivity (Wildman–Crippen MR) is 48.6 cm³/mol. The number of ether oxygens (including phenoxy) is 2. The molecule has 1 aliphatic rings. The Morgan fingerprint density at radius 3 is 2.07 bits per heavy atom. The minimum Gasteiger partial charge on any atom is -0.387 e. The second-order valence-electron chi connectivity index (χ2n) is 4.47. The summed E-state index contributed by atoms with van der Waals surface area (Å²) in [7, 11) is 0. The molecule has 0 saturated carbocycles. The van der Waals surface area contributed by atoms with Gasteiger partial charge in [0.2, 0.25) is 0 Å². The normalized spacial score (nSPS) is 39.0. The van der Waals surface area contributed by atoms with Gasteiger partial charge in [0, 0.05) is 0 Å². The Morgan fingerprint density at radius 1 is 1.14 bits per heavy atom. The Hall–Kier alpha value is -0.200. The Kier molecular flexibility index (Phi) is 3.49. The van der Waals surface area contributed by atoms with Crippen LogP contribution in [0.15, 0.2) is 0 Å². The fourth-order valence-corrected chi connectivity index (χ4v) is 1.20. The molecule has 3 N–H and O–H groups in total. The van der Waals surface area contributed by atoms with Gasteiger partial charge >= 0.3 is 0 Å². The molecule has 0 aromatic carbocycles. The standard InChI is InChI=1S/C9H18O5/c1-9(2,3)13-4-5-6(10)7(11)8(12)14-5/h5-8,10-12H,4H2,1-3H3/t5-,6-,7-,8?/m1/s1. The van der Waals surface area contributed by atoms with Crippen LogP contribution in [-0.4, -0.2) is 52.1 Å². The summed E-state index contributed by atoms with van der Waals surface area (Å²) in [5, 5.41) is 27.7. The van der Waals surface area contributed by atoms with Crippen LogP contribution in [0.2, 0.25) is 0 Å². The van der Waals surface area contributed by atoms with Gasteiger partial charge in [-0.05, 0) is 20.8 Å². The molecule has 0 amide bonds. The smallest absolute Gasteiger partial charge is 0.184 e. The molecule has 0 spiro atoms. The summed E-state index contributed by atoms with van der Waals surface area (Å²) < 4.78 is 10.3. The van der Waals surface area contributed by atoms with Gasteiger partial charge in [-0.15, -0.1) is 0 Å². The van der Waals surface area contributed by atoms with Gasteiger partial charge in [0.25, 0.3) is 0 Å². The van der Waals surface area contributed by atoms with Crippen molar-refractivity contribution < 1.29 is 24.8 Å². The maximum absolute atomic E-state index is 9.41. The molecule has 5 nitrogen and oxygen atoms in total. The van der Waals surface area contributed by atoms with E-state index < -0.39 is 24.6 Å². The molecule has 14 heavy (non-hydrogen) atoms. The molecule has 1 saturated heterocycles. The lowest BCUT2D eigenvalue weighted by Gasteiger charge is -2.23. The molecule has 84 valence electrons. The third kappa shape index (κ3) is 2.90. The van der Waals surface area contributed by atoms with Crippen molar-refractivity contribution in [1.82, 2.24) is 0 Å². The maximum Gasteiger partial charge on any atom is 0.184 e. The Balaban J connectivity index is 2.40. The molecule has 1 heterocycles. The summed E-state index contributed by atoms with van der Waals surface area (Å²) in [6, 6.07) is 0. The Morgan fingerprint density at radius 2 is 1.71 bits per heavy atom. The van der Waals surface area contributed by atoms with Crippen molar-refractivity contribution in [2.45, 2.75) is 51.0 Å². The lowest BCUT2D eigenvalue weighted by Crippen LogP contribution is -2.36. The van der Waals surface area contributed by atoms with Crippen LogP contribution in [0, 0.1) is 0 Å². The van der Waals surface area contributed by atoms with E-state index in [-0.39, 0.29) is 12.2 Å². The molecule has 5 heteroatoms. The summed E-state index contributed by atoms with van der Waals surface area (Å²) in [5.41, 5.74) is -0.332. The number of aliphatic hydroxyl groups excluding tert-OH is 3. The third-order valence-corrected chi connectivity index (χ3v) is 2.02. The van der Waals surface area contributed by atoms with Crippen LogP contribution in [0.5, 0.6) is 0 Å². The number of hydrogen-bond acceptors (Lipinski definition) is 5. The van der Waals surface area contributed by atoms with Crippen molar-refractivity contribution in [3.63, 3.8) is 0 Å². The van der Waals surface area contributed by atoms with E-state index in [2.05, 4.69) is 0 Å². The number of aliphatic hydroxyl groups is 3. The van der Waals surface area contributed by atoms with Crippen LogP contribution >= 0.6 is 0 Å². The van der Waals surface area contributed by atoms with E-state index in [0.29, 0.717) is 0 Å². The average molecular weight is 206 g/mol. The van der Waals surface area contributed by atoms with Gasteiger partial charge in [-0.3, -0.25) is 0 Å². The molecule has 1 rings (SSSR count). The van der Waals surface area contributed by atoms with Gasteiger partial charge in [0.15, 0.2) is 6.29 Å². The fraction of sp³-hybridized carbons (Fsp3) is 1.00. The summed E-state index contributed by atoms with van der Waals surface area (Å²) in [6.45, 7) is 5.78. The zero-order valence-corrected chi connectivity index (χ0v) is 8.67. The van der Waals surface area contributed by atoms with E-state index >= 15 is 0 Å². The molecular weight excluding hydrogens is 188 g/mol. The van der Waals surface area contributed by atoms with Crippen LogP contribution in [0.25, 0.3) is 0 Å². The van der Waals surface area contributed by atoms with E-state index in [4.69, 9.17) is 14.6 Å². The zero-order valence-electron chi connectivity index (χ0n) is 8.67. The number of rotatable bonds is 2. The summed E-state index contributed by atoms with van der Waals surface area (Å²) >= 11 is 0. The van der Waals surface area contributed by atoms with Crippen LogP contribution in [0.1, 0.15) is 20.8 Å². The van der Waals surface area contributed by atoms with Crippen LogP contribution in [0.4, 0.5) is 0 Å². The summed E-state index contributed by atoms with van der Waals surface area (Å²) in [5.74, 6) is 0. The average Bonchev–Trinajstić information content (AvgIpc) is 2.28. The van der Waals surface area contributed by atoms with Gasteiger partial charge in [0.05, 0.1) is 12.2 Å². The van der Waals surface area contributed by atoms with Crippen molar-refractivity contribution in [1.29, 1.82) is 0 Å². The SMILES string of the molecule is CC(C)(C)OC[C@H]1OC(O)[C@H](O)[C@@H]1O. The lowest BCUT2D eigenvalue weighted by atomic mass is 10.1. The van der Waals surface area contributed by atoms with Gasteiger partial charge in [-0.25, -0.2) is 0 Å². The van der Waals surface area contributed by atoms with Crippen LogP contribution in [-0.2, 0) is 9.47 Å². The molecule has 4 atom stereocenters. The van der Waals surface area contributed by atoms with E-state index in [1.54, 1.807) is 0 Å². The lowest BCUT2D eigenvalue weighted by molar-refractivity contribution is -0.147. The first-order valence-corrected chi connectivity index (χ1v) is 4.65. The minimum atomic E-state index is -1.32. The monoisotopic (exact) mass is 206 g/mol. The van der Waals surface area contributed by atoms with Gasteiger partial charge in [-0.1, -0.05) is 0 Å². The number of hydrogen-bond donors (Lipinski definition) is 3. The van der Waals surface area contributed by atoms with Gasteiger partial charge in [-0.2, -0.15) is 0 Å². The van der Waals surface area contributed by atoms with Crippen molar-refractivity contribution >= 4 is 0 Å². The summed E-state index contributed by atoms with van der Waals surface area (Å²) in [4.78, 5) is 0. The van der Waals surface area contributed by atoms with Crippen LogP contribution < -0.4 is 0 Å². The molecule has 1 unspecified atom stereocenters. The molecular formula is C9H18O5. The predicted octanol–water partition coefficient (Wildman–Crippen LogP) is -0.760. The molecule has 1 aliphatic heterocycles. The van der Waals surface area contributed by atoms with Crippen molar-refractivity contribution in [3.05, 3.63) is 0 Å². The largest absolute Gasteiger partial charge is 0.387 e. The molecule has 0 aliphatic carbocycles. The van der Waals surface area contributed by atoms with E-state index in [1.807, 2.05) is 20.8 Å². The highest BCUT2D eigenvalue weighted by atomic mass is 16.7. The quantitative estimate of drug-likeness (QED) is 0.553. The third-order valence-electron chi connectivity index (χ3n) is 2.02. The maximum atomic E-state index is 9.41. The van der Waals surface area contributed by atoms with E-state index in [9.17, 15) is 10.2 Å². The zero-order chi connectivity index (χ0) is 10.9. The molecule has 0 bridgehead atoms.